The Bertz CT molecular complexity index is 1560. The van der Waals surface area contributed by atoms with Gasteiger partial charge < -0.3 is 0 Å². The standard InChI is InChI=1S/C29H21N5O3/c1-20-18-25(16-17-26(20)32-31-23-12-14-24(15-13-23)34(36)37)33-28(22-10-6-3-7-11-22)30-27(29(33)35)19-21-8-4-2-5-9-21/h2-19H,1H3/b27-19-,32-31?. The van der Waals surface area contributed by atoms with Gasteiger partial charge in [-0.1, -0.05) is 60.7 Å². The summed E-state index contributed by atoms with van der Waals surface area (Å²) in [5.41, 5.74) is 4.65. The molecule has 1 aliphatic rings. The van der Waals surface area contributed by atoms with Crippen molar-refractivity contribution in [2.75, 3.05) is 4.90 Å². The summed E-state index contributed by atoms with van der Waals surface area (Å²) in [6, 6.07) is 30.5. The van der Waals surface area contributed by atoms with Gasteiger partial charge in [-0.05, 0) is 54.5 Å². The predicted octanol–water partition coefficient (Wildman–Crippen LogP) is 7.15. The molecular weight excluding hydrogens is 466 g/mol. The number of benzene rings is 4. The van der Waals surface area contributed by atoms with Gasteiger partial charge in [-0.2, -0.15) is 10.2 Å². The highest BCUT2D eigenvalue weighted by atomic mass is 16.6. The molecule has 37 heavy (non-hydrogen) atoms. The second-order valence-electron chi connectivity index (χ2n) is 8.33. The van der Waals surface area contributed by atoms with Gasteiger partial charge in [0.2, 0.25) is 0 Å². The van der Waals surface area contributed by atoms with E-state index in [1.54, 1.807) is 23.1 Å². The van der Waals surface area contributed by atoms with Crippen molar-refractivity contribution in [2.24, 2.45) is 15.2 Å². The van der Waals surface area contributed by atoms with Gasteiger partial charge in [0.05, 0.1) is 22.0 Å². The van der Waals surface area contributed by atoms with Crippen molar-refractivity contribution in [1.29, 1.82) is 0 Å². The summed E-state index contributed by atoms with van der Waals surface area (Å²) < 4.78 is 0. The molecule has 180 valence electrons. The van der Waals surface area contributed by atoms with Gasteiger partial charge >= 0.3 is 0 Å². The second kappa shape index (κ2) is 10.2. The summed E-state index contributed by atoms with van der Waals surface area (Å²) >= 11 is 0. The topological polar surface area (TPSA) is 101 Å². The fraction of sp³-hybridized carbons (Fsp3) is 0.0345. The number of anilines is 1. The van der Waals surface area contributed by atoms with Crippen LogP contribution in [-0.2, 0) is 4.79 Å². The van der Waals surface area contributed by atoms with E-state index in [0.29, 0.717) is 28.6 Å². The van der Waals surface area contributed by atoms with E-state index < -0.39 is 4.92 Å². The maximum absolute atomic E-state index is 13.5. The highest BCUT2D eigenvalue weighted by Gasteiger charge is 2.32. The lowest BCUT2D eigenvalue weighted by Gasteiger charge is -2.19. The maximum atomic E-state index is 13.5. The first-order valence-corrected chi connectivity index (χ1v) is 11.5. The number of nitro benzene ring substituents is 1. The minimum Gasteiger partial charge on any atom is -0.266 e. The fourth-order valence-corrected chi connectivity index (χ4v) is 3.89. The summed E-state index contributed by atoms with van der Waals surface area (Å²) in [7, 11) is 0. The Morgan fingerprint density at radius 1 is 0.865 bits per heavy atom. The van der Waals surface area contributed by atoms with Crippen LogP contribution in [0.15, 0.2) is 124 Å². The van der Waals surface area contributed by atoms with Crippen LogP contribution in [0.2, 0.25) is 0 Å². The van der Waals surface area contributed by atoms with Crippen LogP contribution >= 0.6 is 0 Å². The lowest BCUT2D eigenvalue weighted by Crippen LogP contribution is -2.32. The highest BCUT2D eigenvalue weighted by molar-refractivity contribution is 6.33. The van der Waals surface area contributed by atoms with E-state index in [2.05, 4.69) is 10.2 Å². The lowest BCUT2D eigenvalue weighted by atomic mass is 10.1. The van der Waals surface area contributed by atoms with Crippen LogP contribution in [0.5, 0.6) is 0 Å². The van der Waals surface area contributed by atoms with Gasteiger partial charge in [0, 0.05) is 17.7 Å². The average molecular weight is 488 g/mol. The SMILES string of the molecule is Cc1cc(N2C(=O)/C(=C/c3ccccc3)N=C2c2ccccc2)ccc1N=Nc1ccc([N+](=O)[O-])cc1. The molecule has 0 radical (unpaired) electrons. The third-order valence-corrected chi connectivity index (χ3v) is 5.77. The molecule has 0 fully saturated rings. The molecule has 1 aliphatic heterocycles. The Morgan fingerprint density at radius 2 is 1.54 bits per heavy atom. The number of carbonyl (C=O) groups is 1. The number of hydrogen-bond donors (Lipinski definition) is 0. The van der Waals surface area contributed by atoms with E-state index in [-0.39, 0.29) is 11.6 Å². The minimum atomic E-state index is -0.461. The molecular formula is C29H21N5O3. The Labute approximate surface area is 213 Å². The normalized spacial score (nSPS) is 14.4. The van der Waals surface area contributed by atoms with E-state index in [9.17, 15) is 14.9 Å². The summed E-state index contributed by atoms with van der Waals surface area (Å²) in [5.74, 6) is 0.329. The molecule has 1 amide bonds. The van der Waals surface area contributed by atoms with Crippen molar-refractivity contribution >= 4 is 40.6 Å². The molecule has 0 spiro atoms. The molecule has 0 saturated heterocycles. The number of nitrogens with zero attached hydrogens (tertiary/aromatic N) is 5. The molecule has 0 unspecified atom stereocenters. The molecule has 8 heteroatoms. The van der Waals surface area contributed by atoms with Crippen LogP contribution < -0.4 is 4.90 Å². The van der Waals surface area contributed by atoms with E-state index in [4.69, 9.17) is 4.99 Å². The van der Waals surface area contributed by atoms with Crippen molar-refractivity contribution in [3.05, 3.63) is 136 Å². The number of aryl methyl sites for hydroxylation is 1. The van der Waals surface area contributed by atoms with E-state index in [0.717, 1.165) is 16.7 Å². The first-order valence-electron chi connectivity index (χ1n) is 11.5. The number of rotatable bonds is 6. The number of carbonyl (C=O) groups excluding carboxylic acids is 1. The second-order valence-corrected chi connectivity index (χ2v) is 8.33. The maximum Gasteiger partial charge on any atom is 0.282 e. The molecule has 5 rings (SSSR count). The first kappa shape index (κ1) is 23.5. The molecule has 1 heterocycles. The van der Waals surface area contributed by atoms with Crippen molar-refractivity contribution in [2.45, 2.75) is 6.92 Å². The lowest BCUT2D eigenvalue weighted by molar-refractivity contribution is -0.384. The van der Waals surface area contributed by atoms with Crippen LogP contribution in [-0.4, -0.2) is 16.7 Å². The summed E-state index contributed by atoms with van der Waals surface area (Å²) in [4.78, 5) is 30.2. The predicted molar refractivity (Wildman–Crippen MR) is 143 cm³/mol. The van der Waals surface area contributed by atoms with E-state index in [1.165, 1.54) is 24.3 Å². The van der Waals surface area contributed by atoms with Gasteiger partial charge in [-0.15, -0.1) is 0 Å². The van der Waals surface area contributed by atoms with Crippen molar-refractivity contribution in [1.82, 2.24) is 0 Å². The third-order valence-electron chi connectivity index (χ3n) is 5.77. The molecule has 0 saturated carbocycles. The molecule has 0 aliphatic carbocycles. The number of amides is 1. The number of amidine groups is 1. The van der Waals surface area contributed by atoms with E-state index >= 15 is 0 Å². The van der Waals surface area contributed by atoms with Gasteiger partial charge in [0.25, 0.3) is 11.6 Å². The van der Waals surface area contributed by atoms with Crippen LogP contribution in [0, 0.1) is 17.0 Å². The average Bonchev–Trinajstić information content (AvgIpc) is 3.24. The Morgan fingerprint density at radius 3 is 2.19 bits per heavy atom. The Hall–Kier alpha value is -5.24. The minimum absolute atomic E-state index is 0.00803. The van der Waals surface area contributed by atoms with Crippen molar-refractivity contribution in [3.8, 4) is 0 Å². The monoisotopic (exact) mass is 487 g/mol. The molecule has 0 N–H and O–H groups in total. The Balaban J connectivity index is 1.47. The summed E-state index contributed by atoms with van der Waals surface area (Å²) in [6.45, 7) is 1.88. The van der Waals surface area contributed by atoms with E-state index in [1.807, 2.05) is 73.7 Å². The zero-order chi connectivity index (χ0) is 25.8. The zero-order valence-corrected chi connectivity index (χ0v) is 19.9. The molecule has 0 bridgehead atoms. The highest BCUT2D eigenvalue weighted by Crippen LogP contribution is 2.32. The molecule has 0 aromatic heterocycles. The smallest absolute Gasteiger partial charge is 0.266 e. The van der Waals surface area contributed by atoms with Gasteiger partial charge in [-0.25, -0.2) is 4.99 Å². The number of aliphatic imine (C=N–C) groups is 1. The van der Waals surface area contributed by atoms with Gasteiger partial charge in [-0.3, -0.25) is 19.8 Å². The van der Waals surface area contributed by atoms with Crippen LogP contribution in [0.25, 0.3) is 6.08 Å². The van der Waals surface area contributed by atoms with Crippen LogP contribution in [0.1, 0.15) is 16.7 Å². The first-order chi connectivity index (χ1) is 18.0. The third kappa shape index (κ3) is 5.08. The quantitative estimate of drug-likeness (QED) is 0.125. The summed E-state index contributed by atoms with van der Waals surface area (Å²) in [6.07, 6.45) is 1.78. The number of azo groups is 1. The molecule has 4 aromatic carbocycles. The van der Waals surface area contributed by atoms with Gasteiger partial charge in [0.1, 0.15) is 11.5 Å². The molecule has 8 nitrogen and oxygen atoms in total. The molecule has 0 atom stereocenters. The van der Waals surface area contributed by atoms with Gasteiger partial charge in [0.15, 0.2) is 0 Å². The number of nitro groups is 1. The number of hydrogen-bond acceptors (Lipinski definition) is 6. The van der Waals surface area contributed by atoms with Crippen molar-refractivity contribution in [3.63, 3.8) is 0 Å². The largest absolute Gasteiger partial charge is 0.282 e. The molecule has 4 aromatic rings. The summed E-state index contributed by atoms with van der Waals surface area (Å²) in [5, 5.41) is 19.3. The fourth-order valence-electron chi connectivity index (χ4n) is 3.89. The van der Waals surface area contributed by atoms with Crippen molar-refractivity contribution < 1.29 is 9.72 Å². The van der Waals surface area contributed by atoms with Crippen LogP contribution in [0.4, 0.5) is 22.7 Å². The number of non-ortho nitro benzene ring substituents is 1. The Kier molecular flexibility index (Phi) is 6.46. The van der Waals surface area contributed by atoms with Crippen LogP contribution in [0.3, 0.4) is 0 Å². The zero-order valence-electron chi connectivity index (χ0n) is 19.9.